The molecule has 0 saturated carbocycles. The van der Waals surface area contributed by atoms with E-state index in [1.807, 2.05) is 6.92 Å². The molecule has 8 heavy (non-hydrogen) atoms. The van der Waals surface area contributed by atoms with Crippen molar-refractivity contribution in [2.24, 2.45) is 0 Å². The lowest BCUT2D eigenvalue weighted by molar-refractivity contribution is -0.103. The van der Waals surface area contributed by atoms with E-state index in [1.165, 1.54) is 0 Å². The minimum absolute atomic E-state index is 0. The fourth-order valence-corrected chi connectivity index (χ4v) is 0.430. The molecular weight excluding hydrogens is 106 g/mol. The van der Waals surface area contributed by atoms with Gasteiger partial charge in [0, 0.05) is 14.2 Å². The molecule has 52 valence electrons. The minimum Gasteiger partial charge on any atom is -0.356 e. The van der Waals surface area contributed by atoms with Gasteiger partial charge in [0.1, 0.15) is 0 Å². The second-order valence-corrected chi connectivity index (χ2v) is 1.31. The molecule has 0 radical (unpaired) electrons. The molecule has 3 nitrogen and oxygen atoms in total. The summed E-state index contributed by atoms with van der Waals surface area (Å²) < 4.78 is 9.65. The molecule has 0 amide bonds. The third-order valence-electron chi connectivity index (χ3n) is 0.859. The topological polar surface area (TPSA) is 53.5 Å². The Morgan fingerprint density at radius 3 is 1.62 bits per heavy atom. The van der Waals surface area contributed by atoms with Gasteiger partial charge in [-0.15, -0.1) is 0 Å². The van der Waals surface area contributed by atoms with Crippen molar-refractivity contribution in [3.05, 3.63) is 0 Å². The normalized spacial score (nSPS) is 9.00. The average molecular weight is 121 g/mol. The molecule has 0 atom stereocenters. The minimum atomic E-state index is -0.0139. The second-order valence-electron chi connectivity index (χ2n) is 1.31. The van der Waals surface area contributed by atoms with Crippen LogP contribution in [0.3, 0.4) is 0 Å². The van der Waals surface area contributed by atoms with E-state index in [4.69, 9.17) is 9.47 Å². The first-order valence-corrected chi connectivity index (χ1v) is 2.40. The van der Waals surface area contributed by atoms with E-state index in [2.05, 4.69) is 0 Å². The zero-order valence-corrected chi connectivity index (χ0v) is 5.81. The van der Waals surface area contributed by atoms with E-state index < -0.39 is 0 Å². The van der Waals surface area contributed by atoms with E-state index in [0.717, 1.165) is 6.42 Å². The SMILES string of the molecule is CCC(OC)OC.N. The number of ether oxygens (including phenoxy) is 2. The molecule has 0 heterocycles. The van der Waals surface area contributed by atoms with Crippen molar-refractivity contribution in [1.82, 2.24) is 6.15 Å². The Kier molecular flexibility index (Phi) is 9.28. The van der Waals surface area contributed by atoms with E-state index >= 15 is 0 Å². The zero-order valence-electron chi connectivity index (χ0n) is 5.81. The van der Waals surface area contributed by atoms with Gasteiger partial charge in [0.2, 0.25) is 0 Å². The predicted molar refractivity (Wildman–Crippen MR) is 33.1 cm³/mol. The molecule has 0 aliphatic rings. The summed E-state index contributed by atoms with van der Waals surface area (Å²) in [5.74, 6) is 0. The Hall–Kier alpha value is -0.120. The van der Waals surface area contributed by atoms with Crippen LogP contribution in [0.5, 0.6) is 0 Å². The first-order valence-electron chi connectivity index (χ1n) is 2.40. The molecule has 0 fully saturated rings. The van der Waals surface area contributed by atoms with Crippen molar-refractivity contribution >= 4 is 0 Å². The lowest BCUT2D eigenvalue weighted by atomic mass is 10.5. The van der Waals surface area contributed by atoms with Gasteiger partial charge in [-0.1, -0.05) is 6.92 Å². The highest BCUT2D eigenvalue weighted by atomic mass is 16.7. The highest BCUT2D eigenvalue weighted by Gasteiger charge is 1.96. The van der Waals surface area contributed by atoms with Crippen molar-refractivity contribution < 1.29 is 9.47 Å². The summed E-state index contributed by atoms with van der Waals surface area (Å²) in [7, 11) is 3.27. The lowest BCUT2D eigenvalue weighted by Gasteiger charge is -2.08. The van der Waals surface area contributed by atoms with E-state index in [1.54, 1.807) is 14.2 Å². The van der Waals surface area contributed by atoms with Crippen molar-refractivity contribution in [2.45, 2.75) is 19.6 Å². The van der Waals surface area contributed by atoms with Crippen LogP contribution in [0.15, 0.2) is 0 Å². The first-order chi connectivity index (χ1) is 3.35. The molecule has 0 bridgehead atoms. The largest absolute Gasteiger partial charge is 0.356 e. The van der Waals surface area contributed by atoms with Gasteiger partial charge in [0.15, 0.2) is 6.29 Å². The highest BCUT2D eigenvalue weighted by molar-refractivity contribution is 4.31. The molecule has 0 aromatic heterocycles. The van der Waals surface area contributed by atoms with Crippen LogP contribution < -0.4 is 6.15 Å². The van der Waals surface area contributed by atoms with Gasteiger partial charge >= 0.3 is 0 Å². The van der Waals surface area contributed by atoms with Crippen LogP contribution in [-0.2, 0) is 9.47 Å². The molecule has 0 saturated heterocycles. The Balaban J connectivity index is 0. The monoisotopic (exact) mass is 121 g/mol. The number of methoxy groups -OCH3 is 2. The quantitative estimate of drug-likeness (QED) is 0.570. The second kappa shape index (κ2) is 6.88. The molecule has 0 aliphatic carbocycles. The Labute approximate surface area is 50.6 Å². The summed E-state index contributed by atoms with van der Waals surface area (Å²) in [6, 6.07) is 0. The maximum Gasteiger partial charge on any atom is 0.156 e. The predicted octanol–water partition coefficient (Wildman–Crippen LogP) is 1.18. The molecule has 0 spiro atoms. The van der Waals surface area contributed by atoms with Gasteiger partial charge in [0.25, 0.3) is 0 Å². The van der Waals surface area contributed by atoms with Crippen LogP contribution in [0.25, 0.3) is 0 Å². The first kappa shape index (κ1) is 10.8. The summed E-state index contributed by atoms with van der Waals surface area (Å²) in [5.41, 5.74) is 0. The van der Waals surface area contributed by atoms with Gasteiger partial charge in [-0.3, -0.25) is 0 Å². The van der Waals surface area contributed by atoms with Crippen LogP contribution in [0.2, 0.25) is 0 Å². The van der Waals surface area contributed by atoms with E-state index in [9.17, 15) is 0 Å². The van der Waals surface area contributed by atoms with Gasteiger partial charge in [-0.25, -0.2) is 0 Å². The summed E-state index contributed by atoms with van der Waals surface area (Å²) in [6.45, 7) is 2.01. The van der Waals surface area contributed by atoms with Crippen LogP contribution in [-0.4, -0.2) is 20.5 Å². The Morgan fingerprint density at radius 2 is 1.62 bits per heavy atom. The third kappa shape index (κ3) is 4.05. The van der Waals surface area contributed by atoms with E-state index in [0.29, 0.717) is 0 Å². The fraction of sp³-hybridized carbons (Fsp3) is 1.00. The summed E-state index contributed by atoms with van der Waals surface area (Å²) in [4.78, 5) is 0. The van der Waals surface area contributed by atoms with Crippen LogP contribution in [0.1, 0.15) is 13.3 Å². The Bertz CT molecular complexity index is 31.9. The van der Waals surface area contributed by atoms with Crippen LogP contribution >= 0.6 is 0 Å². The Morgan fingerprint density at radius 1 is 1.25 bits per heavy atom. The summed E-state index contributed by atoms with van der Waals surface area (Å²) >= 11 is 0. The van der Waals surface area contributed by atoms with Gasteiger partial charge in [0.05, 0.1) is 0 Å². The molecule has 0 rings (SSSR count). The zero-order chi connectivity index (χ0) is 5.70. The fourth-order valence-electron chi connectivity index (χ4n) is 0.430. The molecule has 0 aromatic rings. The van der Waals surface area contributed by atoms with Crippen molar-refractivity contribution in [2.75, 3.05) is 14.2 Å². The standard InChI is InChI=1S/C5H12O2.H3N/c1-4-5(6-2)7-3;/h5H,4H2,1-3H3;1H3. The number of hydrogen-bond donors (Lipinski definition) is 1. The summed E-state index contributed by atoms with van der Waals surface area (Å²) in [5, 5.41) is 0. The van der Waals surface area contributed by atoms with Crippen LogP contribution in [0.4, 0.5) is 0 Å². The highest BCUT2D eigenvalue weighted by Crippen LogP contribution is 1.93. The molecule has 0 aliphatic heterocycles. The van der Waals surface area contributed by atoms with Gasteiger partial charge in [-0.2, -0.15) is 0 Å². The number of hydrogen-bond acceptors (Lipinski definition) is 3. The molecule has 3 heteroatoms. The van der Waals surface area contributed by atoms with Crippen molar-refractivity contribution in [1.29, 1.82) is 0 Å². The van der Waals surface area contributed by atoms with Gasteiger partial charge < -0.3 is 15.6 Å². The maximum absolute atomic E-state index is 4.83. The average Bonchev–Trinajstić information content (AvgIpc) is 1.72. The van der Waals surface area contributed by atoms with Crippen molar-refractivity contribution in [3.8, 4) is 0 Å². The van der Waals surface area contributed by atoms with Crippen LogP contribution in [0, 0.1) is 0 Å². The maximum atomic E-state index is 4.83. The molecular formula is C5H15NO2. The van der Waals surface area contributed by atoms with Gasteiger partial charge in [-0.05, 0) is 6.42 Å². The number of rotatable bonds is 3. The van der Waals surface area contributed by atoms with E-state index in [-0.39, 0.29) is 12.4 Å². The lowest BCUT2D eigenvalue weighted by Crippen LogP contribution is -2.10. The molecule has 0 aromatic carbocycles. The molecule has 0 unspecified atom stereocenters. The smallest absolute Gasteiger partial charge is 0.156 e. The summed E-state index contributed by atoms with van der Waals surface area (Å²) in [6.07, 6.45) is 0.896. The van der Waals surface area contributed by atoms with Crippen molar-refractivity contribution in [3.63, 3.8) is 0 Å². The third-order valence-corrected chi connectivity index (χ3v) is 0.859. The molecule has 3 N–H and O–H groups in total.